The average Bonchev–Trinajstić information content (AvgIpc) is 2.81. The van der Waals surface area contributed by atoms with Crippen molar-refractivity contribution in [2.24, 2.45) is 0 Å². The zero-order valence-corrected chi connectivity index (χ0v) is 14.4. The van der Waals surface area contributed by atoms with E-state index in [9.17, 15) is 21.0 Å². The van der Waals surface area contributed by atoms with E-state index in [0.29, 0.717) is 0 Å². The van der Waals surface area contributed by atoms with E-state index in [1.54, 1.807) is 18.2 Å². The lowest BCUT2D eigenvalue weighted by Gasteiger charge is -2.07. The van der Waals surface area contributed by atoms with Crippen molar-refractivity contribution in [3.63, 3.8) is 0 Å². The Morgan fingerprint density at radius 3 is 1.50 bits per heavy atom. The van der Waals surface area contributed by atoms with Crippen LogP contribution in [0.25, 0.3) is 42.7 Å². The lowest BCUT2D eigenvalue weighted by atomic mass is 10.1. The smallest absolute Gasteiger partial charge is 0.294 e. The first-order valence-electron chi connectivity index (χ1n) is 7.72. The molecule has 0 atom stereocenters. The van der Waals surface area contributed by atoms with Crippen LogP contribution in [0.3, 0.4) is 0 Å². The molecule has 0 unspecified atom stereocenters. The molecule has 0 N–H and O–H groups in total. The van der Waals surface area contributed by atoms with Crippen molar-refractivity contribution in [2.75, 3.05) is 0 Å². The first-order valence-corrected chi connectivity index (χ1v) is 7.72. The van der Waals surface area contributed by atoms with E-state index in [0.717, 1.165) is 0 Å². The highest BCUT2D eigenvalue weighted by atomic mass is 15.0. The van der Waals surface area contributed by atoms with Crippen molar-refractivity contribution in [1.29, 1.82) is 21.0 Å². The van der Waals surface area contributed by atoms with Gasteiger partial charge in [0, 0.05) is 0 Å². The number of rotatable bonds is 0. The van der Waals surface area contributed by atoms with E-state index in [4.69, 9.17) is 13.1 Å². The fraction of sp³-hybridized carbons (Fsp3) is 0. The maximum atomic E-state index is 9.56. The quantitative estimate of drug-likeness (QED) is 0.321. The van der Waals surface area contributed by atoms with Crippen molar-refractivity contribution < 1.29 is 0 Å². The Hall–Kier alpha value is -5.82. The van der Waals surface area contributed by atoms with Crippen molar-refractivity contribution in [3.8, 4) is 24.3 Å². The number of aromatic nitrogens is 6. The van der Waals surface area contributed by atoms with Gasteiger partial charge < -0.3 is 9.69 Å². The Balaban J connectivity index is 2.46. The van der Waals surface area contributed by atoms with Gasteiger partial charge in [-0.15, -0.1) is 9.97 Å². The summed E-state index contributed by atoms with van der Waals surface area (Å²) in [4.78, 5) is 30.9. The van der Waals surface area contributed by atoms with Crippen molar-refractivity contribution >= 4 is 44.6 Å². The molecule has 1 aromatic carbocycles. The Labute approximate surface area is 166 Å². The molecule has 0 amide bonds. The SMILES string of the molecule is [C-]#[N+]c1nc2c(nc1[N+]#[C-])c1nc(C#N)nc(C#N)c1c1nc(C#N)c(C#N)nc21. The largest absolute Gasteiger partial charge is 0.370 e. The van der Waals surface area contributed by atoms with Crippen LogP contribution in [0, 0.1) is 58.5 Å². The second-order valence-electron chi connectivity index (χ2n) is 5.48. The molecule has 0 saturated carbocycles. The number of fused-ring (bicyclic) bond motifs is 6. The van der Waals surface area contributed by atoms with Crippen LogP contribution in [0.4, 0.5) is 11.6 Å². The summed E-state index contributed by atoms with van der Waals surface area (Å²) in [7, 11) is 0. The van der Waals surface area contributed by atoms with Gasteiger partial charge in [0.15, 0.2) is 17.1 Å². The summed E-state index contributed by atoms with van der Waals surface area (Å²) in [5.74, 6) is -0.948. The van der Waals surface area contributed by atoms with Gasteiger partial charge in [0.05, 0.1) is 5.39 Å². The molecule has 0 aliphatic carbocycles. The topological polar surface area (TPSA) is 181 Å². The van der Waals surface area contributed by atoms with Crippen LogP contribution in [-0.4, -0.2) is 29.9 Å². The molecule has 0 spiro atoms. The van der Waals surface area contributed by atoms with Gasteiger partial charge in [0.25, 0.3) is 11.6 Å². The molecule has 4 aromatic rings. The first kappa shape index (κ1) is 17.6. The van der Waals surface area contributed by atoms with Crippen LogP contribution in [0.2, 0.25) is 0 Å². The molecule has 0 bridgehead atoms. The normalized spacial score (nSPS) is 9.80. The van der Waals surface area contributed by atoms with Crippen molar-refractivity contribution in [1.82, 2.24) is 29.9 Å². The maximum Gasteiger partial charge on any atom is 0.294 e. The van der Waals surface area contributed by atoms with Crippen LogP contribution in [0.15, 0.2) is 0 Å². The molecule has 0 aliphatic rings. The molecule has 0 radical (unpaired) electrons. The molecular weight excluding hydrogens is 384 g/mol. The number of nitriles is 4. The maximum absolute atomic E-state index is 9.56. The zero-order chi connectivity index (χ0) is 21.4. The van der Waals surface area contributed by atoms with Gasteiger partial charge in [0.1, 0.15) is 40.8 Å². The van der Waals surface area contributed by atoms with Crippen LogP contribution in [-0.2, 0) is 0 Å². The molecule has 3 aromatic heterocycles. The van der Waals surface area contributed by atoms with Crippen LogP contribution in [0.1, 0.15) is 22.9 Å². The van der Waals surface area contributed by atoms with Gasteiger partial charge in [-0.2, -0.15) is 21.0 Å². The van der Waals surface area contributed by atoms with Crippen LogP contribution < -0.4 is 0 Å². The number of hydrogen-bond donors (Lipinski definition) is 0. The minimum Gasteiger partial charge on any atom is -0.370 e. The second-order valence-corrected chi connectivity index (χ2v) is 5.48. The molecule has 4 rings (SSSR count). The van der Waals surface area contributed by atoms with Gasteiger partial charge in [-0.1, -0.05) is 13.1 Å². The molecule has 12 heteroatoms. The van der Waals surface area contributed by atoms with Gasteiger partial charge in [0.2, 0.25) is 16.9 Å². The highest BCUT2D eigenvalue weighted by Crippen LogP contribution is 2.36. The Morgan fingerprint density at radius 2 is 1.00 bits per heavy atom. The fourth-order valence-electron chi connectivity index (χ4n) is 2.82. The predicted molar refractivity (Wildman–Crippen MR) is 97.1 cm³/mol. The molecule has 30 heavy (non-hydrogen) atoms. The Bertz CT molecular complexity index is 1660. The van der Waals surface area contributed by atoms with Crippen molar-refractivity contribution in [3.05, 3.63) is 45.7 Å². The number of nitrogens with zero attached hydrogens (tertiary/aromatic N) is 12. The van der Waals surface area contributed by atoms with Crippen LogP contribution in [0.5, 0.6) is 0 Å². The van der Waals surface area contributed by atoms with E-state index >= 15 is 0 Å². The van der Waals surface area contributed by atoms with Gasteiger partial charge >= 0.3 is 0 Å². The van der Waals surface area contributed by atoms with E-state index < -0.39 is 0 Å². The minimum absolute atomic E-state index is 0.0163. The molecule has 132 valence electrons. The molecular formula is C18N12. The number of hydrogen-bond acceptors (Lipinski definition) is 10. The third-order valence-electron chi connectivity index (χ3n) is 3.98. The lowest BCUT2D eigenvalue weighted by Crippen LogP contribution is -2.03. The van der Waals surface area contributed by atoms with E-state index in [1.807, 2.05) is 6.07 Å². The summed E-state index contributed by atoms with van der Waals surface area (Å²) in [5.41, 5.74) is -0.912. The van der Waals surface area contributed by atoms with Gasteiger partial charge in [-0.25, -0.2) is 19.9 Å². The molecule has 0 saturated heterocycles. The summed E-state index contributed by atoms with van der Waals surface area (Å²) < 4.78 is 0. The zero-order valence-electron chi connectivity index (χ0n) is 14.4. The van der Waals surface area contributed by atoms with Crippen molar-refractivity contribution in [2.45, 2.75) is 0 Å². The summed E-state index contributed by atoms with van der Waals surface area (Å²) in [6, 6.07) is 7.09. The summed E-state index contributed by atoms with van der Waals surface area (Å²) in [6.45, 7) is 14.5. The standard InChI is InChI=1S/C18N12/c1-23-17-18(24-2)30-16-14-12(26-7(3-19)8(4-20)27-14)11-9(5-21)25-10(6-22)28-13(11)15(16)29-17. The Kier molecular flexibility index (Phi) is 3.76. The first-order chi connectivity index (χ1) is 14.6. The molecule has 12 nitrogen and oxygen atoms in total. The van der Waals surface area contributed by atoms with E-state index in [1.165, 1.54) is 0 Å². The Morgan fingerprint density at radius 1 is 0.533 bits per heavy atom. The molecule has 0 fully saturated rings. The van der Waals surface area contributed by atoms with Gasteiger partial charge in [-0.05, 0) is 0 Å². The number of benzene rings is 1. The lowest BCUT2D eigenvalue weighted by molar-refractivity contribution is 1.13. The van der Waals surface area contributed by atoms with E-state index in [2.05, 4.69) is 39.6 Å². The molecule has 3 heterocycles. The summed E-state index contributed by atoms with van der Waals surface area (Å²) in [6.07, 6.45) is 0. The van der Waals surface area contributed by atoms with E-state index in [-0.39, 0.29) is 67.5 Å². The fourth-order valence-corrected chi connectivity index (χ4v) is 2.82. The highest BCUT2D eigenvalue weighted by Gasteiger charge is 2.26. The third-order valence-corrected chi connectivity index (χ3v) is 3.98. The predicted octanol–water partition coefficient (Wildman–Crippen LogP) is 2.10. The highest BCUT2D eigenvalue weighted by molar-refractivity contribution is 6.21. The summed E-state index contributed by atoms with van der Waals surface area (Å²) >= 11 is 0. The summed E-state index contributed by atoms with van der Waals surface area (Å²) in [5, 5.41) is 37.4. The van der Waals surface area contributed by atoms with Gasteiger partial charge in [-0.3, -0.25) is 0 Å². The monoisotopic (exact) mass is 384 g/mol. The molecule has 0 aliphatic heterocycles. The minimum atomic E-state index is -0.331. The van der Waals surface area contributed by atoms with Crippen LogP contribution >= 0.6 is 0 Å². The third kappa shape index (κ3) is 2.27. The second kappa shape index (κ2) is 6.41. The average molecular weight is 384 g/mol.